The Bertz CT molecular complexity index is 1100. The van der Waals surface area contributed by atoms with Crippen molar-refractivity contribution in [1.29, 1.82) is 0 Å². The molecule has 6 nitrogen and oxygen atoms in total. The number of anilines is 1. The zero-order valence-corrected chi connectivity index (χ0v) is 17.1. The van der Waals surface area contributed by atoms with E-state index in [1.54, 1.807) is 62.4 Å². The van der Waals surface area contributed by atoms with Gasteiger partial charge in [-0.2, -0.15) is 5.10 Å². The van der Waals surface area contributed by atoms with E-state index in [1.807, 2.05) is 0 Å². The highest BCUT2D eigenvalue weighted by atomic mass is 35.5. The monoisotopic (exact) mass is 429 g/mol. The molecule has 3 aromatic rings. The largest absolute Gasteiger partial charge is 0.451 e. The summed E-state index contributed by atoms with van der Waals surface area (Å²) in [6.07, 6.45) is 0. The Morgan fingerprint density at radius 1 is 0.966 bits per heavy atom. The first-order valence-corrected chi connectivity index (χ1v) is 9.37. The quantitative estimate of drug-likeness (QED) is 0.406. The van der Waals surface area contributed by atoms with E-state index in [9.17, 15) is 9.59 Å². The Balaban J connectivity index is 1.81. The summed E-state index contributed by atoms with van der Waals surface area (Å²) in [6.45, 7) is 3.52. The second-order valence-corrected chi connectivity index (χ2v) is 7.13. The van der Waals surface area contributed by atoms with Crippen LogP contribution in [-0.4, -0.2) is 17.5 Å². The van der Waals surface area contributed by atoms with Gasteiger partial charge in [0, 0.05) is 16.3 Å². The average Bonchev–Trinajstić information content (AvgIpc) is 3.16. The summed E-state index contributed by atoms with van der Waals surface area (Å²) in [5, 5.41) is 7.49. The van der Waals surface area contributed by atoms with Gasteiger partial charge in [0.1, 0.15) is 5.76 Å². The number of furan rings is 1. The minimum Gasteiger partial charge on any atom is -0.451 e. The maximum Gasteiger partial charge on any atom is 0.291 e. The van der Waals surface area contributed by atoms with Gasteiger partial charge in [-0.15, -0.1) is 0 Å². The molecular weight excluding hydrogens is 413 g/mol. The lowest BCUT2D eigenvalue weighted by Gasteiger charge is -2.09. The number of hydrogen-bond acceptors (Lipinski definition) is 4. The van der Waals surface area contributed by atoms with Crippen LogP contribution >= 0.6 is 23.2 Å². The van der Waals surface area contributed by atoms with Crippen molar-refractivity contribution >= 4 is 46.4 Å². The minimum absolute atomic E-state index is 0.0728. The molecule has 0 aliphatic rings. The Labute approximate surface area is 177 Å². The number of para-hydroxylation sites is 1. The maximum atomic E-state index is 12.6. The Morgan fingerprint density at radius 3 is 2.45 bits per heavy atom. The zero-order chi connectivity index (χ0) is 21.0. The van der Waals surface area contributed by atoms with Gasteiger partial charge in [-0.25, -0.2) is 5.43 Å². The molecule has 0 fully saturated rings. The van der Waals surface area contributed by atoms with E-state index in [-0.39, 0.29) is 11.3 Å². The Kier molecular flexibility index (Phi) is 6.36. The van der Waals surface area contributed by atoms with Gasteiger partial charge in [0.05, 0.1) is 16.3 Å². The molecule has 2 aromatic carbocycles. The fourth-order valence-corrected chi connectivity index (χ4v) is 2.99. The first kappa shape index (κ1) is 20.6. The second kappa shape index (κ2) is 8.94. The molecule has 3 rings (SSSR count). The van der Waals surface area contributed by atoms with Gasteiger partial charge >= 0.3 is 0 Å². The first-order valence-electron chi connectivity index (χ1n) is 8.62. The van der Waals surface area contributed by atoms with Gasteiger partial charge in [-0.05, 0) is 56.3 Å². The van der Waals surface area contributed by atoms with E-state index in [4.69, 9.17) is 27.6 Å². The van der Waals surface area contributed by atoms with E-state index < -0.39 is 11.8 Å². The molecule has 0 radical (unpaired) electrons. The second-order valence-electron chi connectivity index (χ2n) is 6.29. The number of halogens is 2. The summed E-state index contributed by atoms with van der Waals surface area (Å²) >= 11 is 12.1. The lowest BCUT2D eigenvalue weighted by atomic mass is 10.1. The molecule has 2 amide bonds. The molecule has 8 heteroatoms. The van der Waals surface area contributed by atoms with Crippen LogP contribution in [0, 0.1) is 0 Å². The van der Waals surface area contributed by atoms with Crippen LogP contribution in [0.2, 0.25) is 10.0 Å². The number of benzene rings is 2. The molecule has 0 spiro atoms. The van der Waals surface area contributed by atoms with Gasteiger partial charge in [-0.3, -0.25) is 9.59 Å². The summed E-state index contributed by atoms with van der Waals surface area (Å²) in [6, 6.07) is 14.8. The summed E-state index contributed by atoms with van der Waals surface area (Å²) in [5.41, 5.74) is 4.36. The van der Waals surface area contributed by atoms with Crippen LogP contribution in [0.1, 0.15) is 34.8 Å². The topological polar surface area (TPSA) is 83.7 Å². The summed E-state index contributed by atoms with van der Waals surface area (Å²) in [5.74, 6) is -0.439. The molecule has 1 aromatic heterocycles. The lowest BCUT2D eigenvalue weighted by molar-refractivity contribution is 0.0955. The molecule has 148 valence electrons. The van der Waals surface area contributed by atoms with Crippen molar-refractivity contribution in [2.24, 2.45) is 5.10 Å². The highest BCUT2D eigenvalue weighted by Crippen LogP contribution is 2.31. The fourth-order valence-electron chi connectivity index (χ4n) is 2.49. The van der Waals surface area contributed by atoms with Crippen molar-refractivity contribution in [3.8, 4) is 11.3 Å². The third-order valence-corrected chi connectivity index (χ3v) is 4.38. The molecule has 0 bridgehead atoms. The van der Waals surface area contributed by atoms with E-state index in [0.717, 1.165) is 0 Å². The summed E-state index contributed by atoms with van der Waals surface area (Å²) in [4.78, 5) is 24.9. The van der Waals surface area contributed by atoms with Crippen LogP contribution in [0.4, 0.5) is 5.69 Å². The van der Waals surface area contributed by atoms with E-state index in [2.05, 4.69) is 15.8 Å². The summed E-state index contributed by atoms with van der Waals surface area (Å²) < 4.78 is 5.64. The van der Waals surface area contributed by atoms with Crippen molar-refractivity contribution in [3.05, 3.63) is 76.0 Å². The molecular formula is C21H17Cl2N3O3. The van der Waals surface area contributed by atoms with E-state index in [1.165, 1.54) is 6.07 Å². The van der Waals surface area contributed by atoms with Crippen LogP contribution in [0.25, 0.3) is 11.3 Å². The predicted octanol–water partition coefficient (Wildman–Crippen LogP) is 5.63. The van der Waals surface area contributed by atoms with Gasteiger partial charge in [0.25, 0.3) is 11.8 Å². The number of carbonyl (C=O) groups excluding carboxylic acids is 2. The molecule has 0 saturated heterocycles. The SMILES string of the molecule is CC(C)=NNC(=O)c1ccccc1NC(=O)c1ccc(-c2ccc(Cl)cc2Cl)o1. The molecule has 0 aliphatic heterocycles. The smallest absolute Gasteiger partial charge is 0.291 e. The third-order valence-electron chi connectivity index (χ3n) is 3.83. The van der Waals surface area contributed by atoms with Gasteiger partial charge in [0.15, 0.2) is 5.76 Å². The molecule has 29 heavy (non-hydrogen) atoms. The van der Waals surface area contributed by atoms with Gasteiger partial charge < -0.3 is 9.73 Å². The normalized spacial score (nSPS) is 10.3. The van der Waals surface area contributed by atoms with Crippen LogP contribution in [0.15, 0.2) is 64.1 Å². The lowest BCUT2D eigenvalue weighted by Crippen LogP contribution is -2.21. The van der Waals surface area contributed by atoms with Crippen LogP contribution < -0.4 is 10.7 Å². The van der Waals surface area contributed by atoms with Crippen molar-refractivity contribution in [2.75, 3.05) is 5.32 Å². The standard InChI is InChI=1S/C21H17Cl2N3O3/c1-12(2)25-26-20(27)15-5-3-4-6-17(15)24-21(28)19-10-9-18(29-19)14-8-7-13(22)11-16(14)23/h3-11H,1-2H3,(H,24,28)(H,26,27). The van der Waals surface area contributed by atoms with Crippen LogP contribution in [0.3, 0.4) is 0 Å². The molecule has 0 saturated carbocycles. The summed E-state index contributed by atoms with van der Waals surface area (Å²) in [7, 11) is 0. The van der Waals surface area contributed by atoms with Crippen molar-refractivity contribution < 1.29 is 14.0 Å². The van der Waals surface area contributed by atoms with E-state index in [0.29, 0.717) is 32.8 Å². The number of carbonyl (C=O) groups is 2. The average molecular weight is 430 g/mol. The number of rotatable bonds is 5. The highest BCUT2D eigenvalue weighted by Gasteiger charge is 2.17. The number of nitrogens with zero attached hydrogens (tertiary/aromatic N) is 1. The third kappa shape index (κ3) is 5.04. The number of nitrogens with one attached hydrogen (secondary N) is 2. The van der Waals surface area contributed by atoms with Gasteiger partial charge in [0.2, 0.25) is 0 Å². The number of hydrogen-bond donors (Lipinski definition) is 2. The zero-order valence-electron chi connectivity index (χ0n) is 15.6. The Hall–Kier alpha value is -3.09. The molecule has 0 unspecified atom stereocenters. The molecule has 0 aliphatic carbocycles. The van der Waals surface area contributed by atoms with Crippen molar-refractivity contribution in [3.63, 3.8) is 0 Å². The predicted molar refractivity (Wildman–Crippen MR) is 115 cm³/mol. The van der Waals surface area contributed by atoms with Crippen LogP contribution in [-0.2, 0) is 0 Å². The highest BCUT2D eigenvalue weighted by molar-refractivity contribution is 6.36. The number of amides is 2. The van der Waals surface area contributed by atoms with Crippen molar-refractivity contribution in [1.82, 2.24) is 5.43 Å². The maximum absolute atomic E-state index is 12.6. The fraction of sp³-hybridized carbons (Fsp3) is 0.0952. The first-order chi connectivity index (χ1) is 13.8. The minimum atomic E-state index is -0.503. The molecule has 2 N–H and O–H groups in total. The van der Waals surface area contributed by atoms with Gasteiger partial charge in [-0.1, -0.05) is 35.3 Å². The number of hydrazone groups is 1. The van der Waals surface area contributed by atoms with Crippen molar-refractivity contribution in [2.45, 2.75) is 13.8 Å². The molecule has 0 atom stereocenters. The van der Waals surface area contributed by atoms with E-state index >= 15 is 0 Å². The molecule has 1 heterocycles. The van der Waals surface area contributed by atoms with Crippen LogP contribution in [0.5, 0.6) is 0 Å². The Morgan fingerprint density at radius 2 is 1.72 bits per heavy atom.